The number of rotatable bonds is 2. The Labute approximate surface area is 114 Å². The maximum atomic E-state index is 12.6. The van der Waals surface area contributed by atoms with Gasteiger partial charge in [-0.25, -0.2) is 0 Å². The van der Waals surface area contributed by atoms with Gasteiger partial charge in [-0.1, -0.05) is 25.8 Å². The summed E-state index contributed by atoms with van der Waals surface area (Å²) in [5, 5.41) is 9.96. The van der Waals surface area contributed by atoms with Gasteiger partial charge in [-0.05, 0) is 31.4 Å². The second-order valence-electron chi connectivity index (χ2n) is 5.15. The summed E-state index contributed by atoms with van der Waals surface area (Å²) >= 11 is 0. The number of phenols is 1. The Hall–Kier alpha value is -1.71. The first-order chi connectivity index (χ1) is 9.15. The van der Waals surface area contributed by atoms with E-state index in [2.05, 4.69) is 6.92 Å². The molecule has 0 aliphatic carbocycles. The monoisotopic (exact) mass is 262 g/mol. The standard InChI is InChI=1S/C15H22N2O2/c1-2-11-7-4-3-5-10-17(11)15(19)12-8-6-9-13(16)14(12)18/h6,8-9,11,18H,2-5,7,10,16H2,1H3. The van der Waals surface area contributed by atoms with E-state index in [1.165, 1.54) is 12.8 Å². The molecule has 3 N–H and O–H groups in total. The minimum atomic E-state index is -0.0986. The zero-order valence-electron chi connectivity index (χ0n) is 11.4. The van der Waals surface area contributed by atoms with E-state index in [0.29, 0.717) is 5.56 Å². The second kappa shape index (κ2) is 5.95. The Morgan fingerprint density at radius 2 is 2.21 bits per heavy atom. The first-order valence-electron chi connectivity index (χ1n) is 7.03. The Morgan fingerprint density at radius 1 is 1.42 bits per heavy atom. The van der Waals surface area contributed by atoms with Gasteiger partial charge >= 0.3 is 0 Å². The minimum Gasteiger partial charge on any atom is -0.505 e. The highest BCUT2D eigenvalue weighted by molar-refractivity contribution is 5.98. The zero-order chi connectivity index (χ0) is 13.8. The molecule has 0 saturated carbocycles. The lowest BCUT2D eigenvalue weighted by Crippen LogP contribution is -2.39. The molecule has 0 bridgehead atoms. The number of carbonyl (C=O) groups is 1. The van der Waals surface area contributed by atoms with Crippen molar-refractivity contribution in [2.45, 2.75) is 45.1 Å². The summed E-state index contributed by atoms with van der Waals surface area (Å²) in [6, 6.07) is 5.23. The van der Waals surface area contributed by atoms with E-state index in [1.807, 2.05) is 4.90 Å². The molecule has 2 rings (SSSR count). The zero-order valence-corrected chi connectivity index (χ0v) is 11.4. The molecule has 19 heavy (non-hydrogen) atoms. The van der Waals surface area contributed by atoms with Crippen molar-refractivity contribution in [2.75, 3.05) is 12.3 Å². The lowest BCUT2D eigenvalue weighted by Gasteiger charge is -2.29. The molecule has 1 unspecified atom stereocenters. The van der Waals surface area contributed by atoms with Gasteiger partial charge < -0.3 is 15.7 Å². The van der Waals surface area contributed by atoms with Crippen molar-refractivity contribution in [3.8, 4) is 5.75 Å². The molecule has 4 nitrogen and oxygen atoms in total. The lowest BCUT2D eigenvalue weighted by molar-refractivity contribution is 0.0675. The third kappa shape index (κ3) is 2.83. The van der Waals surface area contributed by atoms with Crippen LogP contribution in [-0.4, -0.2) is 28.5 Å². The topological polar surface area (TPSA) is 66.6 Å². The third-order valence-corrected chi connectivity index (χ3v) is 3.91. The Balaban J connectivity index is 2.28. The van der Waals surface area contributed by atoms with Crippen LogP contribution in [0.2, 0.25) is 0 Å². The number of carbonyl (C=O) groups excluding carboxylic acids is 1. The quantitative estimate of drug-likeness (QED) is 0.636. The average Bonchev–Trinajstić information content (AvgIpc) is 2.66. The largest absolute Gasteiger partial charge is 0.505 e. The van der Waals surface area contributed by atoms with E-state index in [1.54, 1.807) is 18.2 Å². The molecular weight excluding hydrogens is 240 g/mol. The van der Waals surface area contributed by atoms with Crippen LogP contribution in [0, 0.1) is 0 Å². The van der Waals surface area contributed by atoms with Crippen molar-refractivity contribution in [3.05, 3.63) is 23.8 Å². The number of benzene rings is 1. The Bertz CT molecular complexity index is 459. The van der Waals surface area contributed by atoms with Gasteiger partial charge in [0.05, 0.1) is 11.3 Å². The predicted octanol–water partition coefficient (Wildman–Crippen LogP) is 2.77. The average molecular weight is 262 g/mol. The first kappa shape index (κ1) is 13.7. The van der Waals surface area contributed by atoms with Crippen molar-refractivity contribution in [3.63, 3.8) is 0 Å². The maximum Gasteiger partial charge on any atom is 0.257 e. The summed E-state index contributed by atoms with van der Waals surface area (Å²) in [6.45, 7) is 2.88. The lowest BCUT2D eigenvalue weighted by atomic mass is 10.1. The van der Waals surface area contributed by atoms with E-state index < -0.39 is 0 Å². The molecule has 1 fully saturated rings. The molecule has 1 atom stereocenters. The molecule has 1 aromatic carbocycles. The molecule has 1 amide bonds. The molecule has 0 aromatic heterocycles. The molecule has 1 aliphatic heterocycles. The number of phenolic OH excluding ortho intramolecular Hbond substituents is 1. The van der Waals surface area contributed by atoms with Gasteiger partial charge in [0.25, 0.3) is 5.91 Å². The molecule has 0 spiro atoms. The number of aromatic hydroxyl groups is 1. The number of anilines is 1. The molecule has 0 radical (unpaired) electrons. The molecule has 1 saturated heterocycles. The highest BCUT2D eigenvalue weighted by Gasteiger charge is 2.26. The number of amides is 1. The van der Waals surface area contributed by atoms with Crippen LogP contribution in [-0.2, 0) is 0 Å². The van der Waals surface area contributed by atoms with E-state index >= 15 is 0 Å². The van der Waals surface area contributed by atoms with Crippen LogP contribution in [0.15, 0.2) is 18.2 Å². The second-order valence-corrected chi connectivity index (χ2v) is 5.15. The number of nitrogens with zero attached hydrogens (tertiary/aromatic N) is 1. The molecule has 1 heterocycles. The van der Waals surface area contributed by atoms with Crippen molar-refractivity contribution < 1.29 is 9.90 Å². The van der Waals surface area contributed by atoms with Crippen molar-refractivity contribution in [2.24, 2.45) is 0 Å². The number of nitrogens with two attached hydrogens (primary N) is 1. The van der Waals surface area contributed by atoms with Crippen LogP contribution in [0.25, 0.3) is 0 Å². The number of likely N-dealkylation sites (tertiary alicyclic amines) is 1. The summed E-state index contributed by atoms with van der Waals surface area (Å²) in [4.78, 5) is 14.5. The van der Waals surface area contributed by atoms with Crippen LogP contribution in [0.1, 0.15) is 49.4 Å². The summed E-state index contributed by atoms with van der Waals surface area (Å²) in [6.07, 6.45) is 5.37. The Morgan fingerprint density at radius 3 is 2.95 bits per heavy atom. The highest BCUT2D eigenvalue weighted by Crippen LogP contribution is 2.28. The van der Waals surface area contributed by atoms with E-state index in [9.17, 15) is 9.90 Å². The molecule has 1 aromatic rings. The van der Waals surface area contributed by atoms with Gasteiger partial charge in [0.15, 0.2) is 5.75 Å². The fourth-order valence-electron chi connectivity index (χ4n) is 2.76. The van der Waals surface area contributed by atoms with E-state index in [0.717, 1.165) is 25.8 Å². The molecular formula is C15H22N2O2. The normalized spacial score (nSPS) is 20.1. The first-order valence-corrected chi connectivity index (χ1v) is 7.03. The van der Waals surface area contributed by atoms with Crippen LogP contribution in [0.5, 0.6) is 5.75 Å². The van der Waals surface area contributed by atoms with Crippen molar-refractivity contribution in [1.29, 1.82) is 0 Å². The summed E-state index contributed by atoms with van der Waals surface area (Å²) in [5.41, 5.74) is 6.24. The number of para-hydroxylation sites is 1. The Kier molecular flexibility index (Phi) is 4.30. The summed E-state index contributed by atoms with van der Waals surface area (Å²) < 4.78 is 0. The minimum absolute atomic E-state index is 0.0911. The van der Waals surface area contributed by atoms with E-state index in [4.69, 9.17) is 5.73 Å². The van der Waals surface area contributed by atoms with Gasteiger partial charge in [0, 0.05) is 12.6 Å². The fourth-order valence-corrected chi connectivity index (χ4v) is 2.76. The predicted molar refractivity (Wildman–Crippen MR) is 76.1 cm³/mol. The molecule has 104 valence electrons. The summed E-state index contributed by atoms with van der Waals surface area (Å²) in [7, 11) is 0. The SMILES string of the molecule is CCC1CCCCCN1C(=O)c1cccc(N)c1O. The fraction of sp³-hybridized carbons (Fsp3) is 0.533. The smallest absolute Gasteiger partial charge is 0.257 e. The van der Waals surface area contributed by atoms with Crippen LogP contribution in [0.4, 0.5) is 5.69 Å². The maximum absolute atomic E-state index is 12.6. The van der Waals surface area contributed by atoms with Crippen LogP contribution < -0.4 is 5.73 Å². The summed E-state index contributed by atoms with van der Waals surface area (Å²) in [5.74, 6) is -0.190. The number of nitrogen functional groups attached to an aromatic ring is 1. The van der Waals surface area contributed by atoms with Gasteiger partial charge in [-0.3, -0.25) is 4.79 Å². The van der Waals surface area contributed by atoms with Crippen LogP contribution >= 0.6 is 0 Å². The van der Waals surface area contributed by atoms with Gasteiger partial charge in [-0.15, -0.1) is 0 Å². The number of hydrogen-bond acceptors (Lipinski definition) is 3. The van der Waals surface area contributed by atoms with Gasteiger partial charge in [0.1, 0.15) is 0 Å². The van der Waals surface area contributed by atoms with Crippen molar-refractivity contribution in [1.82, 2.24) is 4.90 Å². The van der Waals surface area contributed by atoms with Gasteiger partial charge in [0.2, 0.25) is 0 Å². The third-order valence-electron chi connectivity index (χ3n) is 3.91. The number of hydrogen-bond donors (Lipinski definition) is 2. The molecule has 4 heteroatoms. The highest BCUT2D eigenvalue weighted by atomic mass is 16.3. The molecule has 1 aliphatic rings. The van der Waals surface area contributed by atoms with E-state index in [-0.39, 0.29) is 23.4 Å². The van der Waals surface area contributed by atoms with Crippen molar-refractivity contribution >= 4 is 11.6 Å². The van der Waals surface area contributed by atoms with Crippen LogP contribution in [0.3, 0.4) is 0 Å². The van der Waals surface area contributed by atoms with Gasteiger partial charge in [-0.2, -0.15) is 0 Å².